The highest BCUT2D eigenvalue weighted by atomic mass is 35.5. The highest BCUT2D eigenvalue weighted by Crippen LogP contribution is 2.24. The first-order chi connectivity index (χ1) is 11.2. The van der Waals surface area contributed by atoms with E-state index in [0.29, 0.717) is 31.6 Å². The Bertz CT molecular complexity index is 664. The van der Waals surface area contributed by atoms with Crippen molar-refractivity contribution < 1.29 is 14.3 Å². The molecule has 0 saturated heterocycles. The highest BCUT2D eigenvalue weighted by molar-refractivity contribution is 7.09. The van der Waals surface area contributed by atoms with Crippen molar-refractivity contribution in [1.29, 1.82) is 0 Å². The molecule has 0 aliphatic heterocycles. The number of rotatable bonds is 8. The third-order valence-corrected chi connectivity index (χ3v) is 4.22. The summed E-state index contributed by atoms with van der Waals surface area (Å²) in [7, 11) is 3.24. The maximum atomic E-state index is 12.1. The molecule has 1 aromatic heterocycles. The highest BCUT2D eigenvalue weighted by Gasteiger charge is 2.11. The Morgan fingerprint density at radius 1 is 1.29 bits per heavy atom. The van der Waals surface area contributed by atoms with Crippen molar-refractivity contribution >= 4 is 29.7 Å². The van der Waals surface area contributed by atoms with Crippen LogP contribution < -0.4 is 20.5 Å². The van der Waals surface area contributed by atoms with Gasteiger partial charge in [0, 0.05) is 18.3 Å². The fourth-order valence-electron chi connectivity index (χ4n) is 2.13. The van der Waals surface area contributed by atoms with E-state index in [2.05, 4.69) is 10.3 Å². The Hall–Kier alpha value is -1.83. The number of hydrogen-bond acceptors (Lipinski definition) is 6. The topological polar surface area (TPSA) is 86.5 Å². The molecule has 3 N–H and O–H groups in total. The number of halogens is 1. The number of thiazole rings is 1. The van der Waals surface area contributed by atoms with Gasteiger partial charge in [-0.15, -0.1) is 23.7 Å². The molecule has 1 aromatic carbocycles. The Morgan fingerprint density at radius 2 is 2.08 bits per heavy atom. The molecule has 0 saturated carbocycles. The Morgan fingerprint density at radius 3 is 2.75 bits per heavy atom. The molecule has 0 spiro atoms. The maximum absolute atomic E-state index is 12.1. The number of benzene rings is 1. The van der Waals surface area contributed by atoms with Gasteiger partial charge >= 0.3 is 0 Å². The molecule has 1 amide bonds. The van der Waals surface area contributed by atoms with E-state index in [1.165, 1.54) is 11.3 Å². The Labute approximate surface area is 151 Å². The summed E-state index contributed by atoms with van der Waals surface area (Å²) in [5.41, 5.74) is 6.91. The van der Waals surface area contributed by atoms with Crippen molar-refractivity contribution in [2.75, 3.05) is 27.3 Å². The molecule has 0 aliphatic rings. The van der Waals surface area contributed by atoms with Crippen molar-refractivity contribution in [1.82, 2.24) is 10.3 Å². The number of ether oxygens (including phenoxy) is 2. The molecule has 0 bridgehead atoms. The van der Waals surface area contributed by atoms with Crippen molar-refractivity contribution in [2.45, 2.75) is 12.8 Å². The molecule has 8 heteroatoms. The molecule has 2 rings (SSSR count). The molecule has 0 unspecified atom stereocenters. The normalized spacial score (nSPS) is 9.96. The monoisotopic (exact) mass is 371 g/mol. The van der Waals surface area contributed by atoms with Crippen LogP contribution in [0.3, 0.4) is 0 Å². The van der Waals surface area contributed by atoms with Crippen LogP contribution in [0, 0.1) is 0 Å². The molecule has 0 atom stereocenters. The van der Waals surface area contributed by atoms with Crippen LogP contribution in [0.15, 0.2) is 23.6 Å². The minimum absolute atomic E-state index is 0. The minimum Gasteiger partial charge on any atom is -0.497 e. The van der Waals surface area contributed by atoms with Gasteiger partial charge in [-0.25, -0.2) is 4.98 Å². The van der Waals surface area contributed by atoms with Crippen LogP contribution in [0.25, 0.3) is 0 Å². The number of nitrogens with zero attached hydrogens (tertiary/aromatic N) is 1. The number of aromatic nitrogens is 1. The van der Waals surface area contributed by atoms with E-state index < -0.39 is 0 Å². The van der Waals surface area contributed by atoms with E-state index in [9.17, 15) is 4.79 Å². The smallest absolute Gasteiger partial charge is 0.270 e. The van der Waals surface area contributed by atoms with E-state index in [1.807, 2.05) is 18.2 Å². The van der Waals surface area contributed by atoms with Gasteiger partial charge in [-0.1, -0.05) is 0 Å². The summed E-state index contributed by atoms with van der Waals surface area (Å²) in [4.78, 5) is 16.3. The number of nitrogens with two attached hydrogens (primary N) is 1. The summed E-state index contributed by atoms with van der Waals surface area (Å²) < 4.78 is 10.5. The summed E-state index contributed by atoms with van der Waals surface area (Å²) in [5, 5.41) is 5.51. The summed E-state index contributed by atoms with van der Waals surface area (Å²) in [6, 6.07) is 5.61. The van der Waals surface area contributed by atoms with E-state index in [4.69, 9.17) is 15.2 Å². The predicted octanol–water partition coefficient (Wildman–Crippen LogP) is 2.06. The second-order valence-electron chi connectivity index (χ2n) is 4.85. The number of nitrogens with one attached hydrogen (secondary N) is 1. The van der Waals surface area contributed by atoms with Crippen molar-refractivity contribution in [2.24, 2.45) is 5.73 Å². The molecule has 6 nitrogen and oxygen atoms in total. The zero-order chi connectivity index (χ0) is 16.7. The molecule has 0 fully saturated rings. The molecule has 24 heavy (non-hydrogen) atoms. The fraction of sp³-hybridized carbons (Fsp3) is 0.375. The van der Waals surface area contributed by atoms with E-state index in [-0.39, 0.29) is 18.3 Å². The van der Waals surface area contributed by atoms with Crippen LogP contribution in [0.4, 0.5) is 0 Å². The largest absolute Gasteiger partial charge is 0.497 e. The number of carbonyl (C=O) groups excluding carboxylic acids is 1. The van der Waals surface area contributed by atoms with Gasteiger partial charge in [-0.2, -0.15) is 0 Å². The third kappa shape index (κ3) is 5.36. The van der Waals surface area contributed by atoms with E-state index in [0.717, 1.165) is 22.1 Å². The van der Waals surface area contributed by atoms with Crippen LogP contribution in [0.1, 0.15) is 21.1 Å². The van der Waals surface area contributed by atoms with Gasteiger partial charge in [0.15, 0.2) is 0 Å². The van der Waals surface area contributed by atoms with Crippen LogP contribution in [0.5, 0.6) is 11.5 Å². The third-order valence-electron chi connectivity index (χ3n) is 3.31. The van der Waals surface area contributed by atoms with Gasteiger partial charge in [-0.3, -0.25) is 4.79 Å². The summed E-state index contributed by atoms with van der Waals surface area (Å²) in [6.45, 7) is 1.02. The number of amides is 1. The van der Waals surface area contributed by atoms with Crippen LogP contribution in [-0.4, -0.2) is 38.2 Å². The number of carbonyl (C=O) groups is 1. The fourth-order valence-corrected chi connectivity index (χ4v) is 2.93. The van der Waals surface area contributed by atoms with Crippen molar-refractivity contribution in [3.63, 3.8) is 0 Å². The zero-order valence-corrected chi connectivity index (χ0v) is 15.3. The average Bonchev–Trinajstić information content (AvgIpc) is 3.03. The Balaban J connectivity index is 0.00000288. The predicted molar refractivity (Wildman–Crippen MR) is 97.7 cm³/mol. The number of methoxy groups -OCH3 is 2. The lowest BCUT2D eigenvalue weighted by Gasteiger charge is -2.10. The molecule has 0 aliphatic carbocycles. The molecular weight excluding hydrogens is 350 g/mol. The lowest BCUT2D eigenvalue weighted by molar-refractivity contribution is 0.0949. The zero-order valence-electron chi connectivity index (χ0n) is 13.7. The quantitative estimate of drug-likeness (QED) is 0.741. The summed E-state index contributed by atoms with van der Waals surface area (Å²) in [5.74, 6) is 1.36. The van der Waals surface area contributed by atoms with Gasteiger partial charge in [0.05, 0.1) is 19.2 Å². The molecule has 2 aromatic rings. The van der Waals surface area contributed by atoms with Gasteiger partial charge in [0.1, 0.15) is 17.2 Å². The van der Waals surface area contributed by atoms with E-state index in [1.54, 1.807) is 19.6 Å². The maximum Gasteiger partial charge on any atom is 0.270 e. The Kier molecular flexibility index (Phi) is 8.53. The lowest BCUT2D eigenvalue weighted by atomic mass is 10.1. The molecule has 1 heterocycles. The molecule has 132 valence electrons. The van der Waals surface area contributed by atoms with Gasteiger partial charge in [-0.05, 0) is 36.7 Å². The van der Waals surface area contributed by atoms with Gasteiger partial charge in [0.25, 0.3) is 5.91 Å². The van der Waals surface area contributed by atoms with Crippen molar-refractivity contribution in [3.05, 3.63) is 39.8 Å². The SMILES string of the molecule is COc1ccc(OC)c(CCNC(=O)c2csc(CCN)n2)c1.Cl. The minimum atomic E-state index is -0.175. The van der Waals surface area contributed by atoms with Crippen molar-refractivity contribution in [3.8, 4) is 11.5 Å². The molecular formula is C16H22ClN3O3S. The first-order valence-corrected chi connectivity index (χ1v) is 8.19. The van der Waals surface area contributed by atoms with Crippen LogP contribution in [-0.2, 0) is 12.8 Å². The summed E-state index contributed by atoms with van der Waals surface area (Å²) in [6.07, 6.45) is 1.34. The van der Waals surface area contributed by atoms with Gasteiger partial charge < -0.3 is 20.5 Å². The van der Waals surface area contributed by atoms with Gasteiger partial charge in [0.2, 0.25) is 0 Å². The van der Waals surface area contributed by atoms with Crippen LogP contribution in [0.2, 0.25) is 0 Å². The van der Waals surface area contributed by atoms with Crippen LogP contribution >= 0.6 is 23.7 Å². The molecule has 0 radical (unpaired) electrons. The second-order valence-corrected chi connectivity index (χ2v) is 5.79. The second kappa shape index (κ2) is 10.1. The summed E-state index contributed by atoms with van der Waals surface area (Å²) >= 11 is 1.45. The first-order valence-electron chi connectivity index (χ1n) is 7.31. The number of hydrogen-bond donors (Lipinski definition) is 2. The van der Waals surface area contributed by atoms with E-state index >= 15 is 0 Å². The first kappa shape index (κ1) is 20.2. The average molecular weight is 372 g/mol. The standard InChI is InChI=1S/C16H21N3O3S.ClH/c1-21-12-3-4-14(22-2)11(9-12)6-8-18-16(20)13-10-23-15(19-13)5-7-17;/h3-4,9-10H,5-8,17H2,1-2H3,(H,18,20);1H. The lowest BCUT2D eigenvalue weighted by Crippen LogP contribution is -2.26.